The highest BCUT2D eigenvalue weighted by Crippen LogP contribution is 2.32. The van der Waals surface area contributed by atoms with E-state index in [9.17, 15) is 9.59 Å². The molecule has 26 heavy (non-hydrogen) atoms. The molecule has 1 fully saturated rings. The van der Waals surface area contributed by atoms with Crippen LogP contribution in [0.5, 0.6) is 11.5 Å². The Morgan fingerprint density at radius 2 is 1.96 bits per heavy atom. The van der Waals surface area contributed by atoms with E-state index in [1.54, 1.807) is 18.3 Å². The molecule has 0 bridgehead atoms. The highest BCUT2D eigenvalue weighted by molar-refractivity contribution is 6.07. The molecule has 1 aliphatic heterocycles. The Labute approximate surface area is 151 Å². The van der Waals surface area contributed by atoms with Crippen molar-refractivity contribution in [3.63, 3.8) is 0 Å². The summed E-state index contributed by atoms with van der Waals surface area (Å²) in [5.41, 5.74) is 0.263. The van der Waals surface area contributed by atoms with Crippen LogP contribution in [0.15, 0.2) is 23.1 Å². The maximum atomic E-state index is 12.8. The van der Waals surface area contributed by atoms with Gasteiger partial charge in [0.1, 0.15) is 0 Å². The van der Waals surface area contributed by atoms with Gasteiger partial charge in [-0.05, 0) is 31.9 Å². The molecule has 1 aliphatic rings. The number of benzene rings is 1. The van der Waals surface area contributed by atoms with Crippen LogP contribution < -0.4 is 20.3 Å². The Morgan fingerprint density at radius 3 is 2.54 bits per heavy atom. The number of ether oxygens (including phenoxy) is 3. The number of methoxy groups -OCH3 is 2. The summed E-state index contributed by atoms with van der Waals surface area (Å²) in [6.07, 6.45) is 3.61. The minimum Gasteiger partial charge on any atom is -0.493 e. The third kappa shape index (κ3) is 3.39. The second-order valence-corrected chi connectivity index (χ2v) is 6.23. The summed E-state index contributed by atoms with van der Waals surface area (Å²) >= 11 is 0. The summed E-state index contributed by atoms with van der Waals surface area (Å²) in [7, 11) is 3.04. The van der Waals surface area contributed by atoms with Gasteiger partial charge in [0.2, 0.25) is 0 Å². The number of hydrogen-bond donors (Lipinski definition) is 1. The molecule has 2 aromatic rings. The van der Waals surface area contributed by atoms with E-state index in [4.69, 9.17) is 14.2 Å². The first kappa shape index (κ1) is 18.3. The number of hydrogen-bond acceptors (Lipinski definition) is 5. The van der Waals surface area contributed by atoms with Gasteiger partial charge in [0, 0.05) is 31.3 Å². The Hall–Kier alpha value is -2.54. The Morgan fingerprint density at radius 1 is 1.27 bits per heavy atom. The number of fused-ring (bicyclic) bond motifs is 1. The van der Waals surface area contributed by atoms with Gasteiger partial charge < -0.3 is 24.1 Å². The largest absolute Gasteiger partial charge is 0.493 e. The first-order valence-corrected chi connectivity index (χ1v) is 8.78. The van der Waals surface area contributed by atoms with Crippen LogP contribution in [0.3, 0.4) is 0 Å². The van der Waals surface area contributed by atoms with E-state index >= 15 is 0 Å². The van der Waals surface area contributed by atoms with Crippen molar-refractivity contribution in [1.82, 2.24) is 9.88 Å². The van der Waals surface area contributed by atoms with Crippen molar-refractivity contribution < 1.29 is 19.0 Å². The van der Waals surface area contributed by atoms with E-state index < -0.39 is 0 Å². The second kappa shape index (κ2) is 7.78. The van der Waals surface area contributed by atoms with Crippen LogP contribution >= 0.6 is 0 Å². The Bertz CT molecular complexity index is 868. The second-order valence-electron chi connectivity index (χ2n) is 6.23. The van der Waals surface area contributed by atoms with Crippen molar-refractivity contribution in [2.75, 3.05) is 27.4 Å². The summed E-state index contributed by atoms with van der Waals surface area (Å²) in [5, 5.41) is 3.89. The molecule has 0 aliphatic carbocycles. The van der Waals surface area contributed by atoms with Crippen LogP contribution in [-0.2, 0) is 11.3 Å². The molecule has 1 aromatic carbocycles. The van der Waals surface area contributed by atoms with Crippen LogP contribution in [0.25, 0.3) is 10.8 Å². The van der Waals surface area contributed by atoms with E-state index in [-0.39, 0.29) is 17.6 Å². The molecule has 2 heterocycles. The van der Waals surface area contributed by atoms with E-state index in [0.717, 1.165) is 19.4 Å². The number of pyridine rings is 1. The Balaban J connectivity index is 2.05. The van der Waals surface area contributed by atoms with Crippen LogP contribution in [0.4, 0.5) is 0 Å². The zero-order valence-corrected chi connectivity index (χ0v) is 15.3. The zero-order chi connectivity index (χ0) is 18.7. The first-order chi connectivity index (χ1) is 12.6. The molecule has 1 saturated heterocycles. The molecular weight excluding hydrogens is 336 g/mol. The molecule has 140 valence electrons. The predicted octanol–water partition coefficient (Wildman–Crippen LogP) is 1.95. The molecule has 0 radical (unpaired) electrons. The van der Waals surface area contributed by atoms with Gasteiger partial charge >= 0.3 is 0 Å². The Kier molecular flexibility index (Phi) is 5.46. The summed E-state index contributed by atoms with van der Waals surface area (Å²) in [6.45, 7) is 3.53. The highest BCUT2D eigenvalue weighted by Gasteiger charge is 2.20. The average molecular weight is 360 g/mol. The maximum Gasteiger partial charge on any atom is 0.258 e. The fourth-order valence-electron chi connectivity index (χ4n) is 3.24. The van der Waals surface area contributed by atoms with E-state index in [0.29, 0.717) is 40.9 Å². The average Bonchev–Trinajstić information content (AvgIpc) is 3.19. The molecular formula is C19H24N2O5. The van der Waals surface area contributed by atoms with Crippen molar-refractivity contribution in [1.29, 1.82) is 0 Å². The number of aryl methyl sites for hydroxylation is 1. The first-order valence-electron chi connectivity index (χ1n) is 8.78. The van der Waals surface area contributed by atoms with Gasteiger partial charge in [-0.3, -0.25) is 9.59 Å². The monoisotopic (exact) mass is 360 g/mol. The van der Waals surface area contributed by atoms with Gasteiger partial charge in [-0.25, -0.2) is 0 Å². The number of carbonyl (C=O) groups excluding carboxylic acids is 1. The minimum absolute atomic E-state index is 0.0527. The number of rotatable bonds is 6. The SMILES string of the molecule is CCn1cc(C(=O)NC[C@H]2CCCO2)c2cc(OC)c(OC)cc2c1=O. The lowest BCUT2D eigenvalue weighted by molar-refractivity contribution is 0.0858. The fourth-order valence-corrected chi connectivity index (χ4v) is 3.24. The van der Waals surface area contributed by atoms with Gasteiger partial charge in [0.25, 0.3) is 11.5 Å². The number of nitrogens with zero attached hydrogens (tertiary/aromatic N) is 1. The molecule has 1 amide bonds. The van der Waals surface area contributed by atoms with Gasteiger partial charge in [0.05, 0.1) is 31.3 Å². The standard InChI is InChI=1S/C19H24N2O5/c1-4-21-11-15(18(22)20-10-12-6-5-7-26-12)13-8-16(24-2)17(25-3)9-14(13)19(21)23/h8-9,11-12H,4-7,10H2,1-3H3,(H,20,22)/t12-/m1/s1. The van der Waals surface area contributed by atoms with Gasteiger partial charge in [0.15, 0.2) is 11.5 Å². The van der Waals surface area contributed by atoms with Gasteiger partial charge in [-0.15, -0.1) is 0 Å². The minimum atomic E-state index is -0.236. The molecule has 0 spiro atoms. The molecule has 0 saturated carbocycles. The third-order valence-corrected chi connectivity index (χ3v) is 4.69. The van der Waals surface area contributed by atoms with Crippen molar-refractivity contribution >= 4 is 16.7 Å². The highest BCUT2D eigenvalue weighted by atomic mass is 16.5. The molecule has 7 heteroatoms. The number of nitrogens with one attached hydrogen (secondary N) is 1. The topological polar surface area (TPSA) is 78.8 Å². The van der Waals surface area contributed by atoms with Crippen LogP contribution in [0, 0.1) is 0 Å². The van der Waals surface area contributed by atoms with E-state index in [1.165, 1.54) is 18.8 Å². The van der Waals surface area contributed by atoms with Crippen LogP contribution in [0.2, 0.25) is 0 Å². The molecule has 1 N–H and O–H groups in total. The molecule has 0 unspecified atom stereocenters. The van der Waals surface area contributed by atoms with Crippen LogP contribution in [-0.4, -0.2) is 43.9 Å². The summed E-state index contributed by atoms with van der Waals surface area (Å²) in [4.78, 5) is 25.5. The number of carbonyl (C=O) groups is 1. The quantitative estimate of drug-likeness (QED) is 0.852. The van der Waals surface area contributed by atoms with Crippen molar-refractivity contribution in [3.05, 3.63) is 34.2 Å². The lowest BCUT2D eigenvalue weighted by Gasteiger charge is -2.15. The van der Waals surface area contributed by atoms with Crippen molar-refractivity contribution in [2.45, 2.75) is 32.4 Å². The molecule has 1 atom stereocenters. The normalized spacial score (nSPS) is 16.7. The summed E-state index contributed by atoms with van der Waals surface area (Å²) in [5.74, 6) is 0.693. The van der Waals surface area contributed by atoms with Gasteiger partial charge in [-0.2, -0.15) is 0 Å². The predicted molar refractivity (Wildman–Crippen MR) is 98.3 cm³/mol. The zero-order valence-electron chi connectivity index (χ0n) is 15.3. The molecule has 1 aromatic heterocycles. The fraction of sp³-hybridized carbons (Fsp3) is 0.474. The van der Waals surface area contributed by atoms with Crippen molar-refractivity contribution in [3.8, 4) is 11.5 Å². The smallest absolute Gasteiger partial charge is 0.258 e. The van der Waals surface area contributed by atoms with Gasteiger partial charge in [-0.1, -0.05) is 0 Å². The summed E-state index contributed by atoms with van der Waals surface area (Å²) in [6, 6.07) is 3.30. The lowest BCUT2D eigenvalue weighted by Crippen LogP contribution is -2.33. The number of amides is 1. The van der Waals surface area contributed by atoms with Crippen molar-refractivity contribution in [2.24, 2.45) is 0 Å². The molecule has 3 rings (SSSR count). The molecule has 7 nitrogen and oxygen atoms in total. The number of aromatic nitrogens is 1. The lowest BCUT2D eigenvalue weighted by atomic mass is 10.1. The summed E-state index contributed by atoms with van der Waals surface area (Å²) < 4.78 is 17.7. The third-order valence-electron chi connectivity index (χ3n) is 4.69. The van der Waals surface area contributed by atoms with E-state index in [2.05, 4.69) is 5.32 Å². The maximum absolute atomic E-state index is 12.8. The van der Waals surface area contributed by atoms with E-state index in [1.807, 2.05) is 6.92 Å². The van der Waals surface area contributed by atoms with Crippen LogP contribution in [0.1, 0.15) is 30.1 Å².